The fourth-order valence-electron chi connectivity index (χ4n) is 2.87. The van der Waals surface area contributed by atoms with Crippen LogP contribution in [0.5, 0.6) is 5.75 Å². The van der Waals surface area contributed by atoms with E-state index in [1.54, 1.807) is 6.92 Å². The molecular formula is C14H18FNO3. The van der Waals surface area contributed by atoms with Crippen LogP contribution in [0.2, 0.25) is 0 Å². The second-order valence-corrected chi connectivity index (χ2v) is 5.26. The number of carbonyl (C=O) groups is 1. The van der Waals surface area contributed by atoms with Crippen LogP contribution in [-0.4, -0.2) is 33.2 Å². The summed E-state index contributed by atoms with van der Waals surface area (Å²) >= 11 is 0. The number of benzene rings is 1. The number of carboxylic acids is 1. The summed E-state index contributed by atoms with van der Waals surface area (Å²) in [5.41, 5.74) is -0.379. The lowest BCUT2D eigenvalue weighted by Crippen LogP contribution is -2.48. The Morgan fingerprint density at radius 3 is 2.79 bits per heavy atom. The molecule has 0 radical (unpaired) electrons. The van der Waals surface area contributed by atoms with Crippen LogP contribution >= 0.6 is 0 Å². The van der Waals surface area contributed by atoms with Crippen LogP contribution in [0.15, 0.2) is 18.2 Å². The van der Waals surface area contributed by atoms with E-state index in [-0.39, 0.29) is 11.8 Å². The van der Waals surface area contributed by atoms with E-state index >= 15 is 0 Å². The van der Waals surface area contributed by atoms with Gasteiger partial charge in [-0.1, -0.05) is 6.07 Å². The number of rotatable bonds is 3. The van der Waals surface area contributed by atoms with Crippen LogP contribution in [0.4, 0.5) is 4.39 Å². The van der Waals surface area contributed by atoms with Gasteiger partial charge in [0.2, 0.25) is 0 Å². The van der Waals surface area contributed by atoms with Crippen molar-refractivity contribution in [1.82, 2.24) is 4.90 Å². The van der Waals surface area contributed by atoms with Gasteiger partial charge in [-0.05, 0) is 39.3 Å². The highest BCUT2D eigenvalue weighted by atomic mass is 19.1. The molecule has 1 heterocycles. The third-order valence-corrected chi connectivity index (χ3v) is 4.07. The Bertz CT molecular complexity index is 505. The molecule has 0 spiro atoms. The van der Waals surface area contributed by atoms with Crippen LogP contribution in [0, 0.1) is 5.82 Å². The molecule has 1 aromatic rings. The minimum Gasteiger partial charge on any atom is -0.508 e. The highest BCUT2D eigenvalue weighted by Gasteiger charge is 2.45. The fraction of sp³-hybridized carbons (Fsp3) is 0.500. The van der Waals surface area contributed by atoms with Crippen LogP contribution in [0.1, 0.15) is 38.3 Å². The van der Waals surface area contributed by atoms with E-state index in [0.29, 0.717) is 18.5 Å². The number of likely N-dealkylation sites (tertiary alicyclic amines) is 1. The molecular weight excluding hydrogens is 249 g/mol. The standard InChI is InChI=1S/C14H18FNO3/c1-9(11-5-4-10(15)8-12(11)17)16-7-3-6-14(16,2)13(18)19/h4-5,8-9,17H,3,6-7H2,1-2H3,(H,18,19). The molecule has 1 saturated heterocycles. The molecule has 0 bridgehead atoms. The zero-order valence-corrected chi connectivity index (χ0v) is 11.1. The van der Waals surface area contributed by atoms with Gasteiger partial charge in [-0.25, -0.2) is 4.39 Å². The molecule has 1 aromatic carbocycles. The lowest BCUT2D eigenvalue weighted by atomic mass is 9.95. The molecule has 19 heavy (non-hydrogen) atoms. The second-order valence-electron chi connectivity index (χ2n) is 5.26. The fourth-order valence-corrected chi connectivity index (χ4v) is 2.87. The number of nitrogens with zero attached hydrogens (tertiary/aromatic N) is 1. The van der Waals surface area contributed by atoms with Crippen molar-refractivity contribution in [3.8, 4) is 5.75 Å². The Hall–Kier alpha value is -1.62. The van der Waals surface area contributed by atoms with Gasteiger partial charge in [0.05, 0.1) is 0 Å². The van der Waals surface area contributed by atoms with Crippen LogP contribution in [0.25, 0.3) is 0 Å². The number of hydrogen-bond donors (Lipinski definition) is 2. The third-order valence-electron chi connectivity index (χ3n) is 4.07. The van der Waals surface area contributed by atoms with Crippen molar-refractivity contribution >= 4 is 5.97 Å². The van der Waals surface area contributed by atoms with E-state index in [0.717, 1.165) is 12.5 Å². The molecule has 1 fully saturated rings. The summed E-state index contributed by atoms with van der Waals surface area (Å²) in [4.78, 5) is 13.3. The van der Waals surface area contributed by atoms with Crippen LogP contribution < -0.4 is 0 Å². The Morgan fingerprint density at radius 2 is 2.21 bits per heavy atom. The lowest BCUT2D eigenvalue weighted by Gasteiger charge is -2.36. The monoisotopic (exact) mass is 267 g/mol. The number of carboxylic acid groups (broad SMARTS) is 1. The minimum absolute atomic E-state index is 0.132. The van der Waals surface area contributed by atoms with Gasteiger partial charge in [0.15, 0.2) is 0 Å². The Labute approximate surface area is 111 Å². The Kier molecular flexibility index (Phi) is 3.49. The van der Waals surface area contributed by atoms with Gasteiger partial charge < -0.3 is 10.2 Å². The summed E-state index contributed by atoms with van der Waals surface area (Å²) < 4.78 is 13.0. The highest BCUT2D eigenvalue weighted by molar-refractivity contribution is 5.78. The van der Waals surface area contributed by atoms with Gasteiger partial charge in [0.25, 0.3) is 0 Å². The van der Waals surface area contributed by atoms with Crippen molar-refractivity contribution in [1.29, 1.82) is 0 Å². The number of phenolic OH excluding ortho intramolecular Hbond substituents is 1. The van der Waals surface area contributed by atoms with E-state index in [2.05, 4.69) is 0 Å². The van der Waals surface area contributed by atoms with Crippen LogP contribution in [-0.2, 0) is 4.79 Å². The predicted octanol–water partition coefficient (Wildman–Crippen LogP) is 2.53. The molecule has 0 saturated carbocycles. The maximum atomic E-state index is 13.0. The predicted molar refractivity (Wildman–Crippen MR) is 68.5 cm³/mol. The maximum Gasteiger partial charge on any atom is 0.323 e. The van der Waals surface area contributed by atoms with E-state index in [4.69, 9.17) is 0 Å². The van der Waals surface area contributed by atoms with Gasteiger partial charge in [-0.2, -0.15) is 0 Å². The first-order valence-electron chi connectivity index (χ1n) is 6.35. The molecule has 5 heteroatoms. The molecule has 0 aromatic heterocycles. The molecule has 2 N–H and O–H groups in total. The quantitative estimate of drug-likeness (QED) is 0.883. The normalized spacial score (nSPS) is 25.4. The first-order chi connectivity index (χ1) is 8.86. The SMILES string of the molecule is CC(c1ccc(F)cc1O)N1CCCC1(C)C(=O)O. The maximum absolute atomic E-state index is 13.0. The van der Waals surface area contributed by atoms with Crippen molar-refractivity contribution in [3.63, 3.8) is 0 Å². The van der Waals surface area contributed by atoms with E-state index in [1.807, 2.05) is 11.8 Å². The molecule has 0 aliphatic carbocycles. The summed E-state index contributed by atoms with van der Waals surface area (Å²) in [6.45, 7) is 4.18. The number of hydrogen-bond acceptors (Lipinski definition) is 3. The van der Waals surface area contributed by atoms with Crippen LogP contribution in [0.3, 0.4) is 0 Å². The van der Waals surface area contributed by atoms with Crippen molar-refractivity contribution in [2.24, 2.45) is 0 Å². The zero-order valence-electron chi connectivity index (χ0n) is 11.1. The summed E-state index contributed by atoms with van der Waals surface area (Å²) in [6.07, 6.45) is 1.38. The van der Waals surface area contributed by atoms with Gasteiger partial charge in [0, 0.05) is 17.7 Å². The van der Waals surface area contributed by atoms with Gasteiger partial charge in [-0.3, -0.25) is 9.69 Å². The summed E-state index contributed by atoms with van der Waals surface area (Å²) in [7, 11) is 0. The van der Waals surface area contributed by atoms with E-state index < -0.39 is 17.3 Å². The zero-order chi connectivity index (χ0) is 14.2. The van der Waals surface area contributed by atoms with Gasteiger partial charge in [-0.15, -0.1) is 0 Å². The topological polar surface area (TPSA) is 60.8 Å². The number of aliphatic carboxylic acids is 1. The molecule has 1 aliphatic rings. The number of aromatic hydroxyl groups is 1. The number of halogens is 1. The number of phenols is 1. The molecule has 4 nitrogen and oxygen atoms in total. The van der Waals surface area contributed by atoms with Gasteiger partial charge in [0.1, 0.15) is 17.1 Å². The summed E-state index contributed by atoms with van der Waals surface area (Å²) in [6, 6.07) is 3.57. The first-order valence-corrected chi connectivity index (χ1v) is 6.35. The average molecular weight is 267 g/mol. The Balaban J connectivity index is 2.33. The van der Waals surface area contributed by atoms with Crippen molar-refractivity contribution in [2.45, 2.75) is 38.3 Å². The van der Waals surface area contributed by atoms with E-state index in [1.165, 1.54) is 12.1 Å². The molecule has 0 amide bonds. The molecule has 104 valence electrons. The lowest BCUT2D eigenvalue weighted by molar-refractivity contribution is -0.149. The largest absolute Gasteiger partial charge is 0.508 e. The summed E-state index contributed by atoms with van der Waals surface area (Å²) in [5, 5.41) is 19.2. The average Bonchev–Trinajstić information content (AvgIpc) is 2.72. The van der Waals surface area contributed by atoms with Crippen molar-refractivity contribution in [3.05, 3.63) is 29.6 Å². The molecule has 2 unspecified atom stereocenters. The van der Waals surface area contributed by atoms with E-state index in [9.17, 15) is 19.4 Å². The molecule has 2 atom stereocenters. The van der Waals surface area contributed by atoms with Crippen molar-refractivity contribution < 1.29 is 19.4 Å². The van der Waals surface area contributed by atoms with Crippen molar-refractivity contribution in [2.75, 3.05) is 6.54 Å². The Morgan fingerprint density at radius 1 is 1.53 bits per heavy atom. The molecule has 2 rings (SSSR count). The smallest absolute Gasteiger partial charge is 0.323 e. The first kappa shape index (κ1) is 13.8. The third kappa shape index (κ3) is 2.30. The minimum atomic E-state index is -0.930. The highest BCUT2D eigenvalue weighted by Crippen LogP contribution is 2.39. The van der Waals surface area contributed by atoms with Gasteiger partial charge >= 0.3 is 5.97 Å². The molecule has 1 aliphatic heterocycles. The second kappa shape index (κ2) is 4.81. The summed E-state index contributed by atoms with van der Waals surface area (Å²) in [5.74, 6) is -1.50.